The number of nitrogens with two attached hydrogens (primary N) is 1. The first kappa shape index (κ1) is 13.3. The minimum Gasteiger partial charge on any atom is -0.375 e. The lowest BCUT2D eigenvalue weighted by Gasteiger charge is -2.34. The highest BCUT2D eigenvalue weighted by molar-refractivity contribution is 4.76. The minimum atomic E-state index is 0.530. The third kappa shape index (κ3) is 4.23. The molecular weight excluding hydrogens is 212 g/mol. The van der Waals surface area contributed by atoms with Crippen molar-refractivity contribution in [1.82, 2.24) is 4.90 Å². The Morgan fingerprint density at radius 3 is 2.18 bits per heavy atom. The summed E-state index contributed by atoms with van der Waals surface area (Å²) in [5.41, 5.74) is 5.62. The molecule has 100 valence electrons. The number of rotatable bonds is 4. The van der Waals surface area contributed by atoms with Gasteiger partial charge in [-0.2, -0.15) is 0 Å². The highest BCUT2D eigenvalue weighted by Crippen LogP contribution is 2.29. The predicted octanol–water partition coefficient (Wildman–Crippen LogP) is 2.00. The van der Waals surface area contributed by atoms with Crippen LogP contribution in [0.5, 0.6) is 0 Å². The lowest BCUT2D eigenvalue weighted by Crippen LogP contribution is -2.37. The number of nitrogens with zero attached hydrogens (tertiary/aromatic N) is 1. The Kier molecular flexibility index (Phi) is 5.26. The van der Waals surface area contributed by atoms with Crippen molar-refractivity contribution in [3.63, 3.8) is 0 Å². The van der Waals surface area contributed by atoms with Crippen molar-refractivity contribution in [3.05, 3.63) is 0 Å². The zero-order valence-electron chi connectivity index (χ0n) is 11.2. The normalized spacial score (nSPS) is 32.8. The van der Waals surface area contributed by atoms with Gasteiger partial charge in [0.25, 0.3) is 0 Å². The summed E-state index contributed by atoms with van der Waals surface area (Å²) in [5.74, 6) is 0.873. The number of piperidine rings is 1. The van der Waals surface area contributed by atoms with Crippen molar-refractivity contribution in [3.8, 4) is 0 Å². The van der Waals surface area contributed by atoms with Crippen LogP contribution in [0.15, 0.2) is 0 Å². The molecule has 2 rings (SSSR count). The summed E-state index contributed by atoms with van der Waals surface area (Å²) in [5, 5.41) is 0. The third-order valence-electron chi connectivity index (χ3n) is 4.42. The van der Waals surface area contributed by atoms with E-state index in [0.717, 1.165) is 12.5 Å². The molecule has 1 heterocycles. The van der Waals surface area contributed by atoms with Crippen LogP contribution in [-0.2, 0) is 4.74 Å². The van der Waals surface area contributed by atoms with E-state index in [4.69, 9.17) is 10.5 Å². The molecule has 17 heavy (non-hydrogen) atoms. The molecule has 0 aromatic carbocycles. The average molecular weight is 240 g/mol. The number of hydrogen-bond donors (Lipinski definition) is 1. The lowest BCUT2D eigenvalue weighted by atomic mass is 9.85. The van der Waals surface area contributed by atoms with Gasteiger partial charge in [-0.25, -0.2) is 0 Å². The molecule has 0 atom stereocenters. The van der Waals surface area contributed by atoms with Crippen LogP contribution in [0.25, 0.3) is 0 Å². The zero-order valence-corrected chi connectivity index (χ0v) is 11.2. The van der Waals surface area contributed by atoms with E-state index in [9.17, 15) is 0 Å². The Labute approximate surface area is 106 Å². The fourth-order valence-electron chi connectivity index (χ4n) is 3.19. The molecule has 0 spiro atoms. The molecule has 0 unspecified atom stereocenters. The van der Waals surface area contributed by atoms with Crippen LogP contribution < -0.4 is 5.73 Å². The van der Waals surface area contributed by atoms with Crippen molar-refractivity contribution in [2.45, 2.75) is 57.2 Å². The average Bonchev–Trinajstić information content (AvgIpc) is 2.35. The molecule has 3 nitrogen and oxygen atoms in total. The SMILES string of the molecule is CN1CCC(O[C@H]2CC[C@H](CCN)CC2)CC1. The summed E-state index contributed by atoms with van der Waals surface area (Å²) in [6.45, 7) is 3.26. The van der Waals surface area contributed by atoms with E-state index >= 15 is 0 Å². The first-order valence-corrected chi connectivity index (χ1v) is 7.32. The molecule has 3 heteroatoms. The Morgan fingerprint density at radius 1 is 1.00 bits per heavy atom. The lowest BCUT2D eigenvalue weighted by molar-refractivity contribution is -0.0587. The highest BCUT2D eigenvalue weighted by Gasteiger charge is 2.25. The fraction of sp³-hybridized carbons (Fsp3) is 1.00. The highest BCUT2D eigenvalue weighted by atomic mass is 16.5. The maximum Gasteiger partial charge on any atom is 0.0603 e. The second-order valence-electron chi connectivity index (χ2n) is 5.86. The molecule has 0 aromatic rings. The molecule has 2 fully saturated rings. The molecule has 1 aliphatic heterocycles. The van der Waals surface area contributed by atoms with E-state index in [1.54, 1.807) is 0 Å². The Hall–Kier alpha value is -0.120. The van der Waals surface area contributed by atoms with Gasteiger partial charge in [0.2, 0.25) is 0 Å². The molecular formula is C14H28N2O. The summed E-state index contributed by atoms with van der Waals surface area (Å²) in [7, 11) is 2.20. The van der Waals surface area contributed by atoms with Gasteiger partial charge >= 0.3 is 0 Å². The summed E-state index contributed by atoms with van der Waals surface area (Å²) < 4.78 is 6.25. The molecule has 2 N–H and O–H groups in total. The van der Waals surface area contributed by atoms with Crippen molar-refractivity contribution < 1.29 is 4.74 Å². The fourth-order valence-corrected chi connectivity index (χ4v) is 3.19. The van der Waals surface area contributed by atoms with Crippen LogP contribution >= 0.6 is 0 Å². The summed E-state index contributed by atoms with van der Waals surface area (Å²) in [4.78, 5) is 2.40. The van der Waals surface area contributed by atoms with Crippen LogP contribution in [0, 0.1) is 5.92 Å². The van der Waals surface area contributed by atoms with Crippen molar-refractivity contribution in [1.29, 1.82) is 0 Å². The van der Waals surface area contributed by atoms with Crippen LogP contribution in [0.2, 0.25) is 0 Å². The van der Waals surface area contributed by atoms with Crippen LogP contribution in [0.1, 0.15) is 44.9 Å². The largest absolute Gasteiger partial charge is 0.375 e. The van der Waals surface area contributed by atoms with Crippen molar-refractivity contribution in [2.24, 2.45) is 11.7 Å². The molecule has 1 saturated heterocycles. The van der Waals surface area contributed by atoms with Gasteiger partial charge in [-0.3, -0.25) is 0 Å². The van der Waals surface area contributed by atoms with E-state index < -0.39 is 0 Å². The van der Waals surface area contributed by atoms with Crippen LogP contribution in [-0.4, -0.2) is 43.8 Å². The Morgan fingerprint density at radius 2 is 1.59 bits per heavy atom. The molecule has 1 aliphatic carbocycles. The quantitative estimate of drug-likeness (QED) is 0.817. The molecule has 0 amide bonds. The van der Waals surface area contributed by atoms with Gasteiger partial charge in [-0.05, 0) is 64.5 Å². The third-order valence-corrected chi connectivity index (χ3v) is 4.42. The molecule has 2 aliphatic rings. The topological polar surface area (TPSA) is 38.5 Å². The zero-order chi connectivity index (χ0) is 12.1. The summed E-state index contributed by atoms with van der Waals surface area (Å²) in [6, 6.07) is 0. The maximum absolute atomic E-state index is 6.25. The van der Waals surface area contributed by atoms with Gasteiger partial charge in [-0.15, -0.1) is 0 Å². The van der Waals surface area contributed by atoms with Gasteiger partial charge in [0.15, 0.2) is 0 Å². The van der Waals surface area contributed by atoms with Gasteiger partial charge in [0.05, 0.1) is 12.2 Å². The van der Waals surface area contributed by atoms with E-state index in [1.165, 1.54) is 58.0 Å². The van der Waals surface area contributed by atoms with Gasteiger partial charge in [0.1, 0.15) is 0 Å². The first-order valence-electron chi connectivity index (χ1n) is 7.32. The smallest absolute Gasteiger partial charge is 0.0603 e. The van der Waals surface area contributed by atoms with Gasteiger partial charge in [-0.1, -0.05) is 0 Å². The number of hydrogen-bond acceptors (Lipinski definition) is 3. The molecule has 0 aromatic heterocycles. The van der Waals surface area contributed by atoms with E-state index in [-0.39, 0.29) is 0 Å². The first-order chi connectivity index (χ1) is 8.28. The van der Waals surface area contributed by atoms with Crippen molar-refractivity contribution in [2.75, 3.05) is 26.7 Å². The molecule has 0 bridgehead atoms. The maximum atomic E-state index is 6.25. The van der Waals surface area contributed by atoms with Crippen LogP contribution in [0.4, 0.5) is 0 Å². The minimum absolute atomic E-state index is 0.530. The monoisotopic (exact) mass is 240 g/mol. The van der Waals surface area contributed by atoms with Gasteiger partial charge in [0, 0.05) is 13.1 Å². The standard InChI is InChI=1S/C14H28N2O/c1-16-10-7-14(8-11-16)17-13-4-2-12(3-5-13)6-9-15/h12-14H,2-11,15H2,1H3/t12-,13-. The molecule has 0 radical (unpaired) electrons. The summed E-state index contributed by atoms with van der Waals surface area (Å²) in [6.07, 6.45) is 9.90. The van der Waals surface area contributed by atoms with E-state index in [1.807, 2.05) is 0 Å². The summed E-state index contributed by atoms with van der Waals surface area (Å²) >= 11 is 0. The molecule has 1 saturated carbocycles. The second kappa shape index (κ2) is 6.72. The predicted molar refractivity (Wildman–Crippen MR) is 71.0 cm³/mol. The Balaban J connectivity index is 1.64. The van der Waals surface area contributed by atoms with Gasteiger partial charge < -0.3 is 15.4 Å². The second-order valence-corrected chi connectivity index (χ2v) is 5.86. The Bertz CT molecular complexity index is 206. The van der Waals surface area contributed by atoms with Crippen LogP contribution in [0.3, 0.4) is 0 Å². The number of ether oxygens (including phenoxy) is 1. The van der Waals surface area contributed by atoms with Crippen molar-refractivity contribution >= 4 is 0 Å². The van der Waals surface area contributed by atoms with E-state index in [0.29, 0.717) is 12.2 Å². The number of likely N-dealkylation sites (tertiary alicyclic amines) is 1. The van der Waals surface area contributed by atoms with E-state index in [2.05, 4.69) is 11.9 Å².